The molecular formula is C15H14N2O4. The summed E-state index contributed by atoms with van der Waals surface area (Å²) in [6, 6.07) is 10.8. The Morgan fingerprint density at radius 1 is 1.24 bits per heavy atom. The van der Waals surface area contributed by atoms with Crippen molar-refractivity contribution in [2.75, 3.05) is 5.32 Å². The van der Waals surface area contributed by atoms with E-state index in [0.29, 0.717) is 11.3 Å². The van der Waals surface area contributed by atoms with E-state index in [1.54, 1.807) is 31.2 Å². The lowest BCUT2D eigenvalue weighted by molar-refractivity contribution is -0.385. The second-order valence-corrected chi connectivity index (χ2v) is 4.65. The van der Waals surface area contributed by atoms with Crippen molar-refractivity contribution in [2.24, 2.45) is 0 Å². The number of rotatable bonds is 4. The van der Waals surface area contributed by atoms with Crippen molar-refractivity contribution in [3.63, 3.8) is 0 Å². The lowest BCUT2D eigenvalue weighted by Gasteiger charge is -2.06. The Balaban J connectivity index is 2.07. The van der Waals surface area contributed by atoms with E-state index in [4.69, 9.17) is 0 Å². The SMILES string of the molecule is Cc1ccc(NC(=O)Cc2ccc(O)cc2)cc1[N+](=O)[O-]. The smallest absolute Gasteiger partial charge is 0.274 e. The molecule has 2 aromatic carbocycles. The highest BCUT2D eigenvalue weighted by Crippen LogP contribution is 2.22. The molecule has 0 unspecified atom stereocenters. The molecule has 1 amide bonds. The monoisotopic (exact) mass is 286 g/mol. The maximum Gasteiger partial charge on any atom is 0.274 e. The molecule has 6 nitrogen and oxygen atoms in total. The molecule has 0 saturated carbocycles. The lowest BCUT2D eigenvalue weighted by Crippen LogP contribution is -2.14. The summed E-state index contributed by atoms with van der Waals surface area (Å²) < 4.78 is 0. The van der Waals surface area contributed by atoms with Gasteiger partial charge in [-0.05, 0) is 30.7 Å². The molecule has 0 atom stereocenters. The van der Waals surface area contributed by atoms with E-state index in [0.717, 1.165) is 5.56 Å². The fourth-order valence-electron chi connectivity index (χ4n) is 1.89. The zero-order chi connectivity index (χ0) is 15.4. The standard InChI is InChI=1S/C15H14N2O4/c1-10-2-5-12(9-14(10)17(20)21)16-15(19)8-11-3-6-13(18)7-4-11/h2-7,9,18H,8H2,1H3,(H,16,19). The number of nitrogens with zero attached hydrogens (tertiary/aromatic N) is 1. The van der Waals surface area contributed by atoms with Crippen molar-refractivity contribution >= 4 is 17.3 Å². The summed E-state index contributed by atoms with van der Waals surface area (Å²) in [7, 11) is 0. The van der Waals surface area contributed by atoms with Crippen molar-refractivity contribution in [3.8, 4) is 5.75 Å². The Bertz CT molecular complexity index is 681. The first-order chi connectivity index (χ1) is 9.95. The van der Waals surface area contributed by atoms with Gasteiger partial charge in [0.05, 0.1) is 11.3 Å². The summed E-state index contributed by atoms with van der Waals surface area (Å²) in [6.45, 7) is 1.64. The molecule has 0 saturated heterocycles. The number of amides is 1. The van der Waals surface area contributed by atoms with E-state index in [-0.39, 0.29) is 23.8 Å². The Kier molecular flexibility index (Phi) is 4.18. The minimum Gasteiger partial charge on any atom is -0.508 e. The van der Waals surface area contributed by atoms with Gasteiger partial charge in [0.15, 0.2) is 0 Å². The van der Waals surface area contributed by atoms with Gasteiger partial charge in [0.2, 0.25) is 5.91 Å². The molecule has 0 fully saturated rings. The molecule has 0 spiro atoms. The molecule has 0 radical (unpaired) electrons. The highest BCUT2D eigenvalue weighted by atomic mass is 16.6. The Labute approximate surface area is 121 Å². The van der Waals surface area contributed by atoms with E-state index in [1.165, 1.54) is 18.2 Å². The first-order valence-corrected chi connectivity index (χ1v) is 6.28. The van der Waals surface area contributed by atoms with Gasteiger partial charge >= 0.3 is 0 Å². The summed E-state index contributed by atoms with van der Waals surface area (Å²) in [5.41, 5.74) is 1.64. The fourth-order valence-corrected chi connectivity index (χ4v) is 1.89. The quantitative estimate of drug-likeness (QED) is 0.667. The van der Waals surface area contributed by atoms with E-state index < -0.39 is 4.92 Å². The van der Waals surface area contributed by atoms with Crippen LogP contribution in [-0.2, 0) is 11.2 Å². The number of benzene rings is 2. The third-order valence-electron chi connectivity index (χ3n) is 2.99. The number of anilines is 1. The van der Waals surface area contributed by atoms with E-state index >= 15 is 0 Å². The van der Waals surface area contributed by atoms with Gasteiger partial charge in [-0.2, -0.15) is 0 Å². The number of nitro groups is 1. The average Bonchev–Trinajstić information content (AvgIpc) is 2.43. The number of carbonyl (C=O) groups excluding carboxylic acids is 1. The minimum absolute atomic E-state index is 0.0302. The van der Waals surface area contributed by atoms with Crippen LogP contribution >= 0.6 is 0 Å². The van der Waals surface area contributed by atoms with Crippen molar-refractivity contribution in [1.29, 1.82) is 0 Å². The predicted molar refractivity (Wildman–Crippen MR) is 78.3 cm³/mol. The molecule has 108 valence electrons. The summed E-state index contributed by atoms with van der Waals surface area (Å²) in [5, 5.41) is 22.6. The second kappa shape index (κ2) is 6.04. The Morgan fingerprint density at radius 2 is 1.90 bits per heavy atom. The first kappa shape index (κ1) is 14.5. The maximum atomic E-state index is 11.9. The summed E-state index contributed by atoms with van der Waals surface area (Å²) in [5.74, 6) is -0.146. The normalized spacial score (nSPS) is 10.1. The molecule has 21 heavy (non-hydrogen) atoms. The first-order valence-electron chi connectivity index (χ1n) is 6.28. The average molecular weight is 286 g/mol. The van der Waals surface area contributed by atoms with Crippen molar-refractivity contribution in [2.45, 2.75) is 13.3 Å². The van der Waals surface area contributed by atoms with Gasteiger partial charge in [0.25, 0.3) is 5.69 Å². The van der Waals surface area contributed by atoms with Crippen molar-refractivity contribution < 1.29 is 14.8 Å². The number of hydrogen-bond donors (Lipinski definition) is 2. The summed E-state index contributed by atoms with van der Waals surface area (Å²) in [6.07, 6.45) is 0.127. The molecule has 2 rings (SSSR count). The number of carbonyl (C=O) groups is 1. The molecule has 0 aliphatic carbocycles. The molecule has 0 aliphatic rings. The summed E-state index contributed by atoms with van der Waals surface area (Å²) >= 11 is 0. The van der Waals surface area contributed by atoms with Gasteiger partial charge < -0.3 is 10.4 Å². The predicted octanol–water partition coefficient (Wildman–Crippen LogP) is 2.79. The van der Waals surface area contributed by atoms with Gasteiger partial charge in [-0.3, -0.25) is 14.9 Å². The Hall–Kier alpha value is -2.89. The van der Waals surface area contributed by atoms with Crippen LogP contribution in [0.4, 0.5) is 11.4 Å². The van der Waals surface area contributed by atoms with Crippen LogP contribution in [0.3, 0.4) is 0 Å². The molecule has 0 aromatic heterocycles. The second-order valence-electron chi connectivity index (χ2n) is 4.65. The zero-order valence-electron chi connectivity index (χ0n) is 11.4. The van der Waals surface area contributed by atoms with Crippen LogP contribution < -0.4 is 5.32 Å². The molecule has 0 aliphatic heterocycles. The zero-order valence-corrected chi connectivity index (χ0v) is 11.4. The number of phenols is 1. The number of phenolic OH excluding ortho intramolecular Hbond substituents is 1. The summed E-state index contributed by atoms with van der Waals surface area (Å²) in [4.78, 5) is 22.3. The van der Waals surface area contributed by atoms with Crippen molar-refractivity contribution in [1.82, 2.24) is 0 Å². The topological polar surface area (TPSA) is 92.5 Å². The lowest BCUT2D eigenvalue weighted by atomic mass is 10.1. The van der Waals surface area contributed by atoms with Gasteiger partial charge in [-0.25, -0.2) is 0 Å². The van der Waals surface area contributed by atoms with Gasteiger partial charge in [-0.15, -0.1) is 0 Å². The van der Waals surface area contributed by atoms with E-state index in [2.05, 4.69) is 5.32 Å². The number of nitrogens with one attached hydrogen (secondary N) is 1. The van der Waals surface area contributed by atoms with E-state index in [9.17, 15) is 20.0 Å². The van der Waals surface area contributed by atoms with Crippen LogP contribution in [0.2, 0.25) is 0 Å². The molecule has 6 heteroatoms. The van der Waals surface area contributed by atoms with Crippen LogP contribution in [0.25, 0.3) is 0 Å². The number of aromatic hydroxyl groups is 1. The van der Waals surface area contributed by atoms with Gasteiger partial charge in [0.1, 0.15) is 5.75 Å². The minimum atomic E-state index is -0.481. The molecule has 0 heterocycles. The Morgan fingerprint density at radius 3 is 2.52 bits per heavy atom. The fraction of sp³-hybridized carbons (Fsp3) is 0.133. The van der Waals surface area contributed by atoms with Crippen molar-refractivity contribution in [3.05, 3.63) is 63.7 Å². The van der Waals surface area contributed by atoms with Crippen LogP contribution in [0.15, 0.2) is 42.5 Å². The van der Waals surface area contributed by atoms with Crippen LogP contribution in [-0.4, -0.2) is 15.9 Å². The molecule has 2 N–H and O–H groups in total. The van der Waals surface area contributed by atoms with Gasteiger partial charge in [-0.1, -0.05) is 18.2 Å². The number of nitro benzene ring substituents is 1. The highest BCUT2D eigenvalue weighted by molar-refractivity contribution is 5.92. The third kappa shape index (κ3) is 3.79. The van der Waals surface area contributed by atoms with Gasteiger partial charge in [0, 0.05) is 17.3 Å². The maximum absolute atomic E-state index is 11.9. The molecule has 2 aromatic rings. The third-order valence-corrected chi connectivity index (χ3v) is 2.99. The van der Waals surface area contributed by atoms with E-state index in [1.807, 2.05) is 0 Å². The largest absolute Gasteiger partial charge is 0.508 e. The molecular weight excluding hydrogens is 272 g/mol. The van der Waals surface area contributed by atoms with Crippen LogP contribution in [0.5, 0.6) is 5.75 Å². The highest BCUT2D eigenvalue weighted by Gasteiger charge is 2.12. The number of hydrogen-bond acceptors (Lipinski definition) is 4. The molecule has 0 bridgehead atoms. The van der Waals surface area contributed by atoms with Crippen LogP contribution in [0, 0.1) is 17.0 Å². The number of aryl methyl sites for hydroxylation is 1. The van der Waals surface area contributed by atoms with Crippen LogP contribution in [0.1, 0.15) is 11.1 Å².